The first-order chi connectivity index (χ1) is 9.76. The number of hydrogen-bond donors (Lipinski definition) is 1. The summed E-state index contributed by atoms with van der Waals surface area (Å²) in [6.45, 7) is 0. The van der Waals surface area contributed by atoms with Crippen molar-refractivity contribution in [3.05, 3.63) is 63.9 Å². The monoisotopic (exact) mass is 363 g/mol. The second kappa shape index (κ2) is 6.03. The van der Waals surface area contributed by atoms with Gasteiger partial charge in [0.2, 0.25) is 0 Å². The zero-order valence-corrected chi connectivity index (χ0v) is 12.1. The third-order valence-corrected chi connectivity index (χ3v) is 3.46. The maximum absolute atomic E-state index is 13.0. The fourth-order valence-corrected chi connectivity index (χ4v) is 2.41. The molecular weight excluding hydrogens is 354 g/mol. The van der Waals surface area contributed by atoms with Gasteiger partial charge in [0, 0.05) is 4.47 Å². The molecule has 0 unspecified atom stereocenters. The zero-order valence-electron chi connectivity index (χ0n) is 10.5. The zero-order chi connectivity index (χ0) is 15.6. The summed E-state index contributed by atoms with van der Waals surface area (Å²) >= 11 is 3.21. The Hall–Kier alpha value is -1.60. The summed E-state index contributed by atoms with van der Waals surface area (Å²) in [5, 5.41) is 0. The van der Waals surface area contributed by atoms with Crippen molar-refractivity contribution < 1.29 is 22.3 Å². The molecule has 0 saturated heterocycles. The van der Waals surface area contributed by atoms with Crippen molar-refractivity contribution in [2.45, 2.75) is 12.4 Å². The Morgan fingerprint density at radius 3 is 2.19 bits per heavy atom. The van der Waals surface area contributed by atoms with Gasteiger partial charge in [0.1, 0.15) is 11.6 Å². The molecule has 1 atom stereocenters. The number of ether oxygens (including phenoxy) is 1. The highest BCUT2D eigenvalue weighted by atomic mass is 79.9. The van der Waals surface area contributed by atoms with Crippen LogP contribution < -0.4 is 10.5 Å². The first kappa shape index (κ1) is 15.8. The van der Waals surface area contributed by atoms with Gasteiger partial charge in [-0.1, -0.05) is 34.1 Å². The summed E-state index contributed by atoms with van der Waals surface area (Å²) in [5.74, 6) is -0.733. The van der Waals surface area contributed by atoms with Crippen molar-refractivity contribution in [1.29, 1.82) is 0 Å². The van der Waals surface area contributed by atoms with Crippen LogP contribution in [-0.4, -0.2) is 6.36 Å². The second-order valence-electron chi connectivity index (χ2n) is 4.26. The molecular formula is C14H10BrF4NO. The first-order valence-electron chi connectivity index (χ1n) is 5.82. The molecule has 7 heteroatoms. The van der Waals surface area contributed by atoms with E-state index in [9.17, 15) is 17.6 Å². The minimum atomic E-state index is -4.73. The van der Waals surface area contributed by atoms with Crippen LogP contribution in [0.3, 0.4) is 0 Å². The highest BCUT2D eigenvalue weighted by Gasteiger charge is 2.31. The molecule has 2 aromatic rings. The Balaban J connectivity index is 2.22. The smallest absolute Gasteiger partial charge is 0.406 e. The van der Waals surface area contributed by atoms with E-state index in [-0.39, 0.29) is 5.75 Å². The van der Waals surface area contributed by atoms with Crippen molar-refractivity contribution in [2.75, 3.05) is 0 Å². The average molecular weight is 364 g/mol. The summed E-state index contributed by atoms with van der Waals surface area (Å²) in [7, 11) is 0. The van der Waals surface area contributed by atoms with E-state index in [2.05, 4.69) is 20.7 Å². The number of halogens is 5. The minimum Gasteiger partial charge on any atom is -0.406 e. The molecule has 112 valence electrons. The molecule has 21 heavy (non-hydrogen) atoms. The summed E-state index contributed by atoms with van der Waals surface area (Å²) < 4.78 is 53.5. The van der Waals surface area contributed by atoms with Crippen molar-refractivity contribution in [3.63, 3.8) is 0 Å². The average Bonchev–Trinajstić information content (AvgIpc) is 2.37. The lowest BCUT2D eigenvalue weighted by Gasteiger charge is -2.15. The van der Waals surface area contributed by atoms with Crippen LogP contribution >= 0.6 is 15.9 Å². The summed E-state index contributed by atoms with van der Waals surface area (Å²) in [5.41, 5.74) is 7.24. The number of rotatable bonds is 3. The molecule has 2 aromatic carbocycles. The van der Waals surface area contributed by atoms with Gasteiger partial charge in [-0.15, -0.1) is 13.2 Å². The van der Waals surface area contributed by atoms with Crippen molar-refractivity contribution in [1.82, 2.24) is 0 Å². The van der Waals surface area contributed by atoms with E-state index in [1.54, 1.807) is 0 Å². The number of nitrogens with two attached hydrogens (primary N) is 1. The number of hydrogen-bond acceptors (Lipinski definition) is 2. The van der Waals surface area contributed by atoms with Crippen molar-refractivity contribution in [2.24, 2.45) is 5.73 Å². The summed E-state index contributed by atoms with van der Waals surface area (Å²) in [4.78, 5) is 0. The lowest BCUT2D eigenvalue weighted by molar-refractivity contribution is -0.274. The number of alkyl halides is 3. The van der Waals surface area contributed by atoms with E-state index in [0.717, 1.165) is 0 Å². The van der Waals surface area contributed by atoms with Gasteiger partial charge < -0.3 is 10.5 Å². The molecule has 0 aliphatic rings. The van der Waals surface area contributed by atoms with Crippen LogP contribution in [-0.2, 0) is 0 Å². The third kappa shape index (κ3) is 4.18. The molecule has 0 spiro atoms. The lowest BCUT2D eigenvalue weighted by Crippen LogP contribution is -2.17. The first-order valence-corrected chi connectivity index (χ1v) is 6.62. The normalized spacial score (nSPS) is 13.0. The highest BCUT2D eigenvalue weighted by Crippen LogP contribution is 2.29. The molecule has 2 rings (SSSR count). The topological polar surface area (TPSA) is 35.2 Å². The van der Waals surface area contributed by atoms with Crippen LogP contribution in [0.4, 0.5) is 17.6 Å². The predicted molar refractivity (Wildman–Crippen MR) is 73.3 cm³/mol. The summed E-state index contributed by atoms with van der Waals surface area (Å²) in [6, 6.07) is 8.69. The molecule has 0 bridgehead atoms. The lowest BCUT2D eigenvalue weighted by atomic mass is 9.99. The molecule has 2 N–H and O–H groups in total. The van der Waals surface area contributed by atoms with Crippen LogP contribution in [0.1, 0.15) is 17.2 Å². The van der Waals surface area contributed by atoms with E-state index in [0.29, 0.717) is 15.6 Å². The van der Waals surface area contributed by atoms with Gasteiger partial charge in [-0.2, -0.15) is 0 Å². The fraction of sp³-hybridized carbons (Fsp3) is 0.143. The van der Waals surface area contributed by atoms with E-state index in [1.807, 2.05) is 0 Å². The van der Waals surface area contributed by atoms with Crippen molar-refractivity contribution >= 4 is 15.9 Å². The Morgan fingerprint density at radius 2 is 1.67 bits per heavy atom. The highest BCUT2D eigenvalue weighted by molar-refractivity contribution is 9.10. The molecule has 0 amide bonds. The van der Waals surface area contributed by atoms with E-state index >= 15 is 0 Å². The predicted octanol–water partition coefficient (Wildman–Crippen LogP) is 4.53. The SMILES string of the molecule is N[C@@H](c1ccc(OC(F)(F)F)cc1)c1ccc(F)cc1Br. The molecule has 0 aromatic heterocycles. The molecule has 2 nitrogen and oxygen atoms in total. The maximum atomic E-state index is 13.0. The standard InChI is InChI=1S/C14H10BrF4NO/c15-12-7-9(16)3-6-11(12)13(20)8-1-4-10(5-2-8)21-14(17,18)19/h1-7,13H,20H2/t13-/m0/s1. The van der Waals surface area contributed by atoms with Crippen LogP contribution in [0, 0.1) is 5.82 Å². The molecule has 0 radical (unpaired) electrons. The van der Waals surface area contributed by atoms with Gasteiger partial charge in [-0.3, -0.25) is 0 Å². The van der Waals surface area contributed by atoms with Crippen molar-refractivity contribution in [3.8, 4) is 5.75 Å². The Labute approximate surface area is 126 Å². The van der Waals surface area contributed by atoms with E-state index < -0.39 is 18.2 Å². The fourth-order valence-electron chi connectivity index (χ4n) is 1.81. The van der Waals surface area contributed by atoms with Gasteiger partial charge >= 0.3 is 6.36 Å². The van der Waals surface area contributed by atoms with Crippen LogP contribution in [0.5, 0.6) is 5.75 Å². The van der Waals surface area contributed by atoms with Gasteiger partial charge in [-0.25, -0.2) is 4.39 Å². The minimum absolute atomic E-state index is 0.323. The third-order valence-electron chi connectivity index (χ3n) is 2.77. The van der Waals surface area contributed by atoms with Crippen LogP contribution in [0.25, 0.3) is 0 Å². The quantitative estimate of drug-likeness (QED) is 0.812. The molecule has 0 aliphatic carbocycles. The van der Waals surface area contributed by atoms with Gasteiger partial charge in [0.25, 0.3) is 0 Å². The molecule has 0 saturated carbocycles. The number of benzene rings is 2. The van der Waals surface area contributed by atoms with Crippen LogP contribution in [0.15, 0.2) is 46.9 Å². The largest absolute Gasteiger partial charge is 0.573 e. The second-order valence-corrected chi connectivity index (χ2v) is 5.11. The molecule has 0 fully saturated rings. The Kier molecular flexibility index (Phi) is 4.53. The van der Waals surface area contributed by atoms with Gasteiger partial charge in [0.05, 0.1) is 6.04 Å². The van der Waals surface area contributed by atoms with Gasteiger partial charge in [0.15, 0.2) is 0 Å². The van der Waals surface area contributed by atoms with E-state index in [4.69, 9.17) is 5.73 Å². The van der Waals surface area contributed by atoms with E-state index in [1.165, 1.54) is 42.5 Å². The van der Waals surface area contributed by atoms with Crippen LogP contribution in [0.2, 0.25) is 0 Å². The summed E-state index contributed by atoms with van der Waals surface area (Å²) in [6.07, 6.45) is -4.73. The van der Waals surface area contributed by atoms with Gasteiger partial charge in [-0.05, 0) is 35.4 Å². The maximum Gasteiger partial charge on any atom is 0.573 e. The molecule has 0 heterocycles. The Bertz CT molecular complexity index is 628. The molecule has 0 aliphatic heterocycles. The Morgan fingerprint density at radius 1 is 1.05 bits per heavy atom.